The van der Waals surface area contributed by atoms with Crippen molar-refractivity contribution >= 4 is 23.0 Å². The number of hydrogen-bond acceptors (Lipinski definition) is 1. The van der Waals surface area contributed by atoms with Crippen LogP contribution in [0.1, 0.15) is 28.2 Å². The predicted molar refractivity (Wildman–Crippen MR) is 115 cm³/mol. The highest BCUT2D eigenvalue weighted by Crippen LogP contribution is 2.23. The molecule has 0 aliphatic carbocycles. The number of aryl methyl sites for hydroxylation is 2. The van der Waals surface area contributed by atoms with E-state index in [1.54, 1.807) is 0 Å². The summed E-state index contributed by atoms with van der Waals surface area (Å²) < 4.78 is 0. The van der Waals surface area contributed by atoms with Gasteiger partial charge >= 0.3 is 0 Å². The van der Waals surface area contributed by atoms with Gasteiger partial charge in [-0.05, 0) is 60.5 Å². The van der Waals surface area contributed by atoms with Crippen LogP contribution in [0.4, 0.5) is 5.69 Å². The van der Waals surface area contributed by atoms with Crippen molar-refractivity contribution in [3.05, 3.63) is 101 Å². The zero-order valence-electron chi connectivity index (χ0n) is 15.2. The number of nitrogens with one attached hydrogen (secondary N) is 2. The number of thiocarbonyl (C=S) groups is 1. The van der Waals surface area contributed by atoms with E-state index in [4.69, 9.17) is 12.2 Å². The minimum absolute atomic E-state index is 0.247. The van der Waals surface area contributed by atoms with Crippen LogP contribution in [-0.4, -0.2) is 11.7 Å². The van der Waals surface area contributed by atoms with Crippen LogP contribution in [0.25, 0.3) is 0 Å². The van der Waals surface area contributed by atoms with Gasteiger partial charge in [-0.2, -0.15) is 0 Å². The largest absolute Gasteiger partial charge is 0.361 e. The van der Waals surface area contributed by atoms with E-state index in [2.05, 4.69) is 91.2 Å². The van der Waals surface area contributed by atoms with E-state index >= 15 is 0 Å². The number of benzene rings is 3. The smallest absolute Gasteiger partial charge is 0.170 e. The van der Waals surface area contributed by atoms with E-state index < -0.39 is 0 Å². The van der Waals surface area contributed by atoms with Crippen LogP contribution in [0.15, 0.2) is 78.9 Å². The molecule has 3 aromatic carbocycles. The van der Waals surface area contributed by atoms with Crippen molar-refractivity contribution in [1.29, 1.82) is 0 Å². The van der Waals surface area contributed by atoms with Crippen LogP contribution < -0.4 is 10.6 Å². The fourth-order valence-corrected chi connectivity index (χ4v) is 3.19. The SMILES string of the molecule is Cc1ccc(NC(=S)NCC(c2ccccc2)c2ccccc2)cc1C. The first kappa shape index (κ1) is 18.2. The van der Waals surface area contributed by atoms with Crippen molar-refractivity contribution in [2.45, 2.75) is 19.8 Å². The molecule has 0 aliphatic heterocycles. The maximum absolute atomic E-state index is 5.51. The molecule has 0 heterocycles. The van der Waals surface area contributed by atoms with Gasteiger partial charge in [-0.15, -0.1) is 0 Å². The van der Waals surface area contributed by atoms with Gasteiger partial charge in [0.15, 0.2) is 5.11 Å². The van der Waals surface area contributed by atoms with Crippen LogP contribution >= 0.6 is 12.2 Å². The van der Waals surface area contributed by atoms with Gasteiger partial charge < -0.3 is 10.6 Å². The Balaban J connectivity index is 1.69. The van der Waals surface area contributed by atoms with E-state index in [-0.39, 0.29) is 5.92 Å². The van der Waals surface area contributed by atoms with Gasteiger partial charge in [0.1, 0.15) is 0 Å². The van der Waals surface area contributed by atoms with Crippen LogP contribution in [0, 0.1) is 13.8 Å². The van der Waals surface area contributed by atoms with Crippen molar-refractivity contribution in [3.63, 3.8) is 0 Å². The average molecular weight is 361 g/mol. The average Bonchev–Trinajstić information content (AvgIpc) is 2.67. The lowest BCUT2D eigenvalue weighted by Gasteiger charge is -2.20. The van der Waals surface area contributed by atoms with Gasteiger partial charge in [-0.1, -0.05) is 66.7 Å². The lowest BCUT2D eigenvalue weighted by molar-refractivity contribution is 0.761. The molecule has 0 bridgehead atoms. The molecule has 2 N–H and O–H groups in total. The standard InChI is InChI=1S/C23H24N2S/c1-17-13-14-21(15-18(17)2)25-23(26)24-16-22(19-9-5-3-6-10-19)20-11-7-4-8-12-20/h3-15,22H,16H2,1-2H3,(H2,24,25,26). The molecule has 0 saturated heterocycles. The van der Waals surface area contributed by atoms with Crippen molar-refractivity contribution in [3.8, 4) is 0 Å². The Morgan fingerprint density at radius 2 is 1.38 bits per heavy atom. The molecule has 0 fully saturated rings. The van der Waals surface area contributed by atoms with Crippen molar-refractivity contribution in [2.24, 2.45) is 0 Å². The Kier molecular flexibility index (Phi) is 6.03. The minimum Gasteiger partial charge on any atom is -0.361 e. The molecular formula is C23H24N2S. The summed E-state index contributed by atoms with van der Waals surface area (Å²) in [4.78, 5) is 0. The highest BCUT2D eigenvalue weighted by molar-refractivity contribution is 7.80. The van der Waals surface area contributed by atoms with Gasteiger partial charge in [-0.25, -0.2) is 0 Å². The molecule has 0 aromatic heterocycles. The quantitative estimate of drug-likeness (QED) is 0.594. The highest BCUT2D eigenvalue weighted by atomic mass is 32.1. The first-order chi connectivity index (χ1) is 12.6. The van der Waals surface area contributed by atoms with Crippen LogP contribution in [0.3, 0.4) is 0 Å². The second kappa shape index (κ2) is 8.63. The molecular weight excluding hydrogens is 336 g/mol. The molecule has 0 unspecified atom stereocenters. The fourth-order valence-electron chi connectivity index (χ4n) is 2.99. The molecule has 26 heavy (non-hydrogen) atoms. The molecule has 132 valence electrons. The van der Waals surface area contributed by atoms with Gasteiger partial charge in [0.05, 0.1) is 0 Å². The second-order valence-electron chi connectivity index (χ2n) is 6.51. The van der Waals surface area contributed by atoms with E-state index in [1.165, 1.54) is 22.3 Å². The van der Waals surface area contributed by atoms with Gasteiger partial charge in [0, 0.05) is 18.2 Å². The van der Waals surface area contributed by atoms with Gasteiger partial charge in [0.2, 0.25) is 0 Å². The van der Waals surface area contributed by atoms with Gasteiger partial charge in [0.25, 0.3) is 0 Å². The molecule has 3 heteroatoms. The summed E-state index contributed by atoms with van der Waals surface area (Å²) in [7, 11) is 0. The molecule has 0 saturated carbocycles. The van der Waals surface area contributed by atoms with E-state index in [9.17, 15) is 0 Å². The zero-order chi connectivity index (χ0) is 18.4. The van der Waals surface area contributed by atoms with E-state index in [1.807, 2.05) is 12.1 Å². The van der Waals surface area contributed by atoms with Crippen molar-refractivity contribution < 1.29 is 0 Å². The fraction of sp³-hybridized carbons (Fsp3) is 0.174. The normalized spacial score (nSPS) is 10.6. The first-order valence-corrected chi connectivity index (χ1v) is 9.26. The van der Waals surface area contributed by atoms with Crippen molar-refractivity contribution in [1.82, 2.24) is 5.32 Å². The molecule has 0 atom stereocenters. The summed E-state index contributed by atoms with van der Waals surface area (Å²) in [6.07, 6.45) is 0. The molecule has 2 nitrogen and oxygen atoms in total. The van der Waals surface area contributed by atoms with E-state index in [0.29, 0.717) is 5.11 Å². The van der Waals surface area contributed by atoms with Gasteiger partial charge in [-0.3, -0.25) is 0 Å². The molecule has 0 amide bonds. The Morgan fingerprint density at radius 1 is 0.808 bits per heavy atom. The maximum atomic E-state index is 5.51. The molecule has 0 radical (unpaired) electrons. The second-order valence-corrected chi connectivity index (χ2v) is 6.92. The highest BCUT2D eigenvalue weighted by Gasteiger charge is 2.14. The molecule has 3 rings (SSSR count). The third-order valence-electron chi connectivity index (χ3n) is 4.64. The van der Waals surface area contributed by atoms with Crippen LogP contribution in [0.2, 0.25) is 0 Å². The molecule has 3 aromatic rings. The predicted octanol–water partition coefficient (Wildman–Crippen LogP) is 5.42. The summed E-state index contributed by atoms with van der Waals surface area (Å²) in [6, 6.07) is 27.4. The van der Waals surface area contributed by atoms with E-state index in [0.717, 1.165) is 12.2 Å². The van der Waals surface area contributed by atoms with Crippen LogP contribution in [0.5, 0.6) is 0 Å². The lowest BCUT2D eigenvalue weighted by Crippen LogP contribution is -2.32. The first-order valence-electron chi connectivity index (χ1n) is 8.85. The zero-order valence-corrected chi connectivity index (χ0v) is 16.0. The summed E-state index contributed by atoms with van der Waals surface area (Å²) >= 11 is 5.51. The Morgan fingerprint density at radius 3 is 1.92 bits per heavy atom. The molecule has 0 spiro atoms. The lowest BCUT2D eigenvalue weighted by atomic mass is 9.91. The molecule has 0 aliphatic rings. The maximum Gasteiger partial charge on any atom is 0.170 e. The van der Waals surface area contributed by atoms with Crippen LogP contribution in [-0.2, 0) is 0 Å². The number of rotatable bonds is 5. The van der Waals surface area contributed by atoms with Crippen molar-refractivity contribution in [2.75, 3.05) is 11.9 Å². The Hall–Kier alpha value is -2.65. The summed E-state index contributed by atoms with van der Waals surface area (Å²) in [5, 5.41) is 7.31. The Labute approximate surface area is 161 Å². The summed E-state index contributed by atoms with van der Waals surface area (Å²) in [5.74, 6) is 0.247. The topological polar surface area (TPSA) is 24.1 Å². The summed E-state index contributed by atoms with van der Waals surface area (Å²) in [5.41, 5.74) is 6.11. The number of anilines is 1. The third kappa shape index (κ3) is 4.70. The summed E-state index contributed by atoms with van der Waals surface area (Å²) in [6.45, 7) is 4.96. The monoisotopic (exact) mass is 360 g/mol. The minimum atomic E-state index is 0.247. The Bertz CT molecular complexity index is 820. The third-order valence-corrected chi connectivity index (χ3v) is 4.88. The number of hydrogen-bond donors (Lipinski definition) is 2.